The van der Waals surface area contributed by atoms with Gasteiger partial charge in [0.1, 0.15) is 5.75 Å². The first-order valence-electron chi connectivity index (χ1n) is 9.39. The van der Waals surface area contributed by atoms with E-state index in [1.165, 1.54) is 6.42 Å². The molecule has 1 aromatic rings. The van der Waals surface area contributed by atoms with E-state index in [1.54, 1.807) is 7.11 Å². The minimum Gasteiger partial charge on any atom is -0.496 e. The van der Waals surface area contributed by atoms with E-state index in [0.29, 0.717) is 13.1 Å². The number of amides is 2. The molecular weight excluding hydrogens is 316 g/mol. The van der Waals surface area contributed by atoms with Crippen LogP contribution in [0, 0.1) is 11.8 Å². The minimum atomic E-state index is 0.0188. The maximum atomic E-state index is 12.3. The summed E-state index contributed by atoms with van der Waals surface area (Å²) in [6.45, 7) is 1.000. The number of hydrogen-bond acceptors (Lipinski definition) is 3. The van der Waals surface area contributed by atoms with Crippen LogP contribution in [-0.4, -0.2) is 32.0 Å². The lowest BCUT2D eigenvalue weighted by atomic mass is 9.89. The molecule has 2 aliphatic carbocycles. The van der Waals surface area contributed by atoms with Crippen molar-refractivity contribution in [2.45, 2.75) is 44.4 Å². The molecule has 2 atom stereocenters. The van der Waals surface area contributed by atoms with Gasteiger partial charge in [-0.1, -0.05) is 37.5 Å². The Bertz CT molecular complexity index is 611. The fourth-order valence-electron chi connectivity index (χ4n) is 3.81. The molecule has 2 saturated carbocycles. The number of rotatable bonds is 7. The topological polar surface area (TPSA) is 67.4 Å². The molecule has 136 valence electrons. The van der Waals surface area contributed by atoms with Gasteiger partial charge in [-0.25, -0.2) is 0 Å². The maximum absolute atomic E-state index is 12.3. The van der Waals surface area contributed by atoms with Crippen molar-refractivity contribution in [1.82, 2.24) is 10.6 Å². The number of methoxy groups -OCH3 is 1. The first-order chi connectivity index (χ1) is 12.2. The normalized spacial score (nSPS) is 22.9. The highest BCUT2D eigenvalue weighted by Gasteiger charge is 2.45. The summed E-state index contributed by atoms with van der Waals surface area (Å²) in [5, 5.41) is 5.90. The highest BCUT2D eigenvalue weighted by molar-refractivity contribution is 5.83. The van der Waals surface area contributed by atoms with Gasteiger partial charge in [0.25, 0.3) is 0 Å². The second kappa shape index (κ2) is 8.37. The largest absolute Gasteiger partial charge is 0.496 e. The van der Waals surface area contributed by atoms with Crippen LogP contribution in [0.1, 0.15) is 50.0 Å². The van der Waals surface area contributed by atoms with E-state index >= 15 is 0 Å². The molecule has 5 nitrogen and oxygen atoms in total. The summed E-state index contributed by atoms with van der Waals surface area (Å²) in [6, 6.07) is 7.88. The molecule has 0 saturated heterocycles. The predicted octanol–water partition coefficient (Wildman–Crippen LogP) is 2.61. The monoisotopic (exact) mass is 344 g/mol. The van der Waals surface area contributed by atoms with E-state index in [2.05, 4.69) is 10.6 Å². The molecule has 2 unspecified atom stereocenters. The average molecular weight is 344 g/mol. The Hall–Kier alpha value is -2.04. The Morgan fingerprint density at radius 3 is 2.44 bits per heavy atom. The Balaban J connectivity index is 1.37. The van der Waals surface area contributed by atoms with Crippen molar-refractivity contribution in [3.05, 3.63) is 29.8 Å². The molecule has 3 rings (SSSR count). The molecule has 2 N–H and O–H groups in total. The van der Waals surface area contributed by atoms with Crippen molar-refractivity contribution in [2.24, 2.45) is 11.8 Å². The second-order valence-electron chi connectivity index (χ2n) is 7.11. The SMILES string of the molecule is COc1ccccc1C1CC1C(=O)NCCNC(=O)C1CCCCC1. The number of carbonyl (C=O) groups is 2. The summed E-state index contributed by atoms with van der Waals surface area (Å²) in [7, 11) is 1.66. The second-order valence-corrected chi connectivity index (χ2v) is 7.11. The summed E-state index contributed by atoms with van der Waals surface area (Å²) in [4.78, 5) is 24.3. The van der Waals surface area contributed by atoms with Crippen LogP contribution in [0.3, 0.4) is 0 Å². The number of para-hydroxylation sites is 1. The van der Waals surface area contributed by atoms with Crippen molar-refractivity contribution in [3.63, 3.8) is 0 Å². The van der Waals surface area contributed by atoms with Gasteiger partial charge in [-0.3, -0.25) is 9.59 Å². The van der Waals surface area contributed by atoms with Crippen molar-refractivity contribution in [2.75, 3.05) is 20.2 Å². The standard InChI is InChI=1S/C20H28N2O3/c1-25-18-10-6-5-9-15(18)16-13-17(16)20(24)22-12-11-21-19(23)14-7-3-2-4-8-14/h5-6,9-10,14,16-17H,2-4,7-8,11-13H2,1H3,(H,21,23)(H,22,24). The van der Waals surface area contributed by atoms with E-state index in [-0.39, 0.29) is 29.6 Å². The number of carbonyl (C=O) groups excluding carboxylic acids is 2. The third-order valence-corrected chi connectivity index (χ3v) is 5.37. The molecule has 2 aliphatic rings. The van der Waals surface area contributed by atoms with Crippen LogP contribution in [0.4, 0.5) is 0 Å². The molecule has 0 bridgehead atoms. The van der Waals surface area contributed by atoms with Gasteiger partial charge in [0.15, 0.2) is 0 Å². The molecular formula is C20H28N2O3. The van der Waals surface area contributed by atoms with E-state index in [1.807, 2.05) is 24.3 Å². The van der Waals surface area contributed by atoms with E-state index in [0.717, 1.165) is 43.4 Å². The lowest BCUT2D eigenvalue weighted by molar-refractivity contribution is -0.126. The summed E-state index contributed by atoms with van der Waals surface area (Å²) in [5.74, 6) is 1.50. The van der Waals surface area contributed by atoms with Crippen molar-refractivity contribution in [1.29, 1.82) is 0 Å². The first-order valence-corrected chi connectivity index (χ1v) is 9.39. The smallest absolute Gasteiger partial charge is 0.223 e. The lowest BCUT2D eigenvalue weighted by Crippen LogP contribution is -2.38. The lowest BCUT2D eigenvalue weighted by Gasteiger charge is -2.20. The van der Waals surface area contributed by atoms with Crippen molar-refractivity contribution < 1.29 is 14.3 Å². The van der Waals surface area contributed by atoms with Crippen LogP contribution < -0.4 is 15.4 Å². The number of hydrogen-bond donors (Lipinski definition) is 2. The van der Waals surface area contributed by atoms with Gasteiger partial charge >= 0.3 is 0 Å². The zero-order valence-electron chi connectivity index (χ0n) is 14.9. The molecule has 0 aromatic heterocycles. The molecule has 0 heterocycles. The molecule has 0 radical (unpaired) electrons. The quantitative estimate of drug-likeness (QED) is 0.747. The predicted molar refractivity (Wildman–Crippen MR) is 96.4 cm³/mol. The van der Waals surface area contributed by atoms with Crippen LogP contribution in [-0.2, 0) is 9.59 Å². The molecule has 0 aliphatic heterocycles. The van der Waals surface area contributed by atoms with Gasteiger partial charge < -0.3 is 15.4 Å². The average Bonchev–Trinajstić information content (AvgIpc) is 3.46. The highest BCUT2D eigenvalue weighted by atomic mass is 16.5. The molecule has 1 aromatic carbocycles. The Labute approximate surface area is 149 Å². The first kappa shape index (κ1) is 17.8. The van der Waals surface area contributed by atoms with Gasteiger partial charge in [0.2, 0.25) is 11.8 Å². The Morgan fingerprint density at radius 2 is 1.72 bits per heavy atom. The zero-order chi connectivity index (χ0) is 17.6. The fourth-order valence-corrected chi connectivity index (χ4v) is 3.81. The molecule has 0 spiro atoms. The van der Waals surface area contributed by atoms with Gasteiger partial charge in [0, 0.05) is 24.9 Å². The summed E-state index contributed by atoms with van der Waals surface area (Å²) < 4.78 is 5.38. The van der Waals surface area contributed by atoms with Crippen molar-refractivity contribution >= 4 is 11.8 Å². The molecule has 25 heavy (non-hydrogen) atoms. The van der Waals surface area contributed by atoms with Gasteiger partial charge in [-0.05, 0) is 36.8 Å². The summed E-state index contributed by atoms with van der Waals surface area (Å²) in [5.41, 5.74) is 1.11. The third-order valence-electron chi connectivity index (χ3n) is 5.37. The Morgan fingerprint density at radius 1 is 1.04 bits per heavy atom. The molecule has 5 heteroatoms. The zero-order valence-corrected chi connectivity index (χ0v) is 14.9. The van der Waals surface area contributed by atoms with Crippen LogP contribution in [0.25, 0.3) is 0 Å². The number of nitrogens with one attached hydrogen (secondary N) is 2. The van der Waals surface area contributed by atoms with Gasteiger partial charge in [-0.2, -0.15) is 0 Å². The Kier molecular flexibility index (Phi) is 5.95. The van der Waals surface area contributed by atoms with E-state index in [4.69, 9.17) is 4.74 Å². The van der Waals surface area contributed by atoms with Gasteiger partial charge in [0.05, 0.1) is 7.11 Å². The van der Waals surface area contributed by atoms with Crippen LogP contribution in [0.15, 0.2) is 24.3 Å². The van der Waals surface area contributed by atoms with Crippen LogP contribution in [0.5, 0.6) is 5.75 Å². The highest BCUT2D eigenvalue weighted by Crippen LogP contribution is 2.50. The summed E-state index contributed by atoms with van der Waals surface area (Å²) >= 11 is 0. The fraction of sp³-hybridized carbons (Fsp3) is 0.600. The maximum Gasteiger partial charge on any atom is 0.223 e. The van der Waals surface area contributed by atoms with Crippen LogP contribution >= 0.6 is 0 Å². The molecule has 2 amide bonds. The summed E-state index contributed by atoms with van der Waals surface area (Å²) in [6.07, 6.45) is 6.42. The molecule has 2 fully saturated rings. The van der Waals surface area contributed by atoms with E-state index < -0.39 is 0 Å². The number of ether oxygens (including phenoxy) is 1. The van der Waals surface area contributed by atoms with Crippen LogP contribution in [0.2, 0.25) is 0 Å². The van der Waals surface area contributed by atoms with Gasteiger partial charge in [-0.15, -0.1) is 0 Å². The minimum absolute atomic E-state index is 0.0188. The van der Waals surface area contributed by atoms with E-state index in [9.17, 15) is 9.59 Å². The third kappa shape index (κ3) is 4.53. The number of benzene rings is 1. The van der Waals surface area contributed by atoms with Crippen molar-refractivity contribution in [3.8, 4) is 5.75 Å².